The number of anilines is 1. The molecule has 0 bridgehead atoms. The number of nitro groups is 1. The smallest absolute Gasteiger partial charge is 0.293 e. The summed E-state index contributed by atoms with van der Waals surface area (Å²) in [5.41, 5.74) is 0.478. The van der Waals surface area contributed by atoms with E-state index < -0.39 is 4.92 Å². The van der Waals surface area contributed by atoms with Crippen molar-refractivity contribution in [3.63, 3.8) is 0 Å². The van der Waals surface area contributed by atoms with E-state index in [1.165, 1.54) is 18.2 Å². The average Bonchev–Trinajstić information content (AvgIpc) is 2.29. The normalized spacial score (nSPS) is 9.81. The van der Waals surface area contributed by atoms with Crippen molar-refractivity contribution >= 4 is 17.7 Å². The number of aliphatic hydroxyl groups is 1. The van der Waals surface area contributed by atoms with Crippen LogP contribution in [0.2, 0.25) is 0 Å². The van der Waals surface area contributed by atoms with E-state index in [0.29, 0.717) is 24.9 Å². The van der Waals surface area contributed by atoms with E-state index in [0.717, 1.165) is 0 Å². The molecule has 0 fully saturated rings. The summed E-state index contributed by atoms with van der Waals surface area (Å²) in [6.45, 7) is 0.463. The minimum atomic E-state index is -0.547. The maximum Gasteiger partial charge on any atom is 0.293 e. The fourth-order valence-corrected chi connectivity index (χ4v) is 1.22. The molecule has 86 valence electrons. The Morgan fingerprint density at radius 3 is 2.81 bits per heavy atom. The van der Waals surface area contributed by atoms with Crippen LogP contribution in [0.4, 0.5) is 11.4 Å². The van der Waals surface area contributed by atoms with Gasteiger partial charge < -0.3 is 10.4 Å². The lowest BCUT2D eigenvalue weighted by molar-refractivity contribution is -0.384. The Kier molecular flexibility index (Phi) is 4.41. The summed E-state index contributed by atoms with van der Waals surface area (Å²) in [5, 5.41) is 22.1. The van der Waals surface area contributed by atoms with Crippen LogP contribution in [-0.4, -0.2) is 29.5 Å². The lowest BCUT2D eigenvalue weighted by Crippen LogP contribution is -2.06. The first-order chi connectivity index (χ1) is 7.69. The maximum absolute atomic E-state index is 10.7. The van der Waals surface area contributed by atoms with Crippen molar-refractivity contribution in [1.82, 2.24) is 0 Å². The van der Waals surface area contributed by atoms with E-state index in [-0.39, 0.29) is 17.9 Å². The molecule has 0 amide bonds. The van der Waals surface area contributed by atoms with Crippen LogP contribution in [0.3, 0.4) is 0 Å². The van der Waals surface area contributed by atoms with Gasteiger partial charge in [0, 0.05) is 24.8 Å². The Bertz CT molecular complexity index is 392. The Morgan fingerprint density at radius 1 is 1.50 bits per heavy atom. The highest BCUT2D eigenvalue weighted by atomic mass is 16.6. The number of hydrogen-bond acceptors (Lipinski definition) is 5. The van der Waals surface area contributed by atoms with E-state index in [4.69, 9.17) is 5.11 Å². The van der Waals surface area contributed by atoms with Gasteiger partial charge in [-0.1, -0.05) is 0 Å². The first-order valence-electron chi connectivity index (χ1n) is 4.77. The number of nitrogens with one attached hydrogen (secondary N) is 1. The lowest BCUT2D eigenvalue weighted by atomic mass is 10.2. The van der Waals surface area contributed by atoms with E-state index in [1.807, 2.05) is 0 Å². The summed E-state index contributed by atoms with van der Waals surface area (Å²) in [6.07, 6.45) is 1.07. The van der Waals surface area contributed by atoms with Crippen molar-refractivity contribution in [2.24, 2.45) is 0 Å². The number of carbonyl (C=O) groups excluding carboxylic acids is 1. The van der Waals surface area contributed by atoms with E-state index in [2.05, 4.69) is 5.32 Å². The molecule has 0 unspecified atom stereocenters. The quantitative estimate of drug-likeness (QED) is 0.328. The van der Waals surface area contributed by atoms with Crippen LogP contribution in [0.1, 0.15) is 16.8 Å². The molecule has 0 aliphatic heterocycles. The summed E-state index contributed by atoms with van der Waals surface area (Å²) in [4.78, 5) is 20.7. The third-order valence-corrected chi connectivity index (χ3v) is 2.00. The zero-order valence-corrected chi connectivity index (χ0v) is 8.55. The first-order valence-corrected chi connectivity index (χ1v) is 4.77. The number of rotatable bonds is 6. The number of hydrogen-bond donors (Lipinski definition) is 2. The number of aliphatic hydroxyl groups excluding tert-OH is 1. The molecular formula is C10H12N2O4. The molecule has 6 heteroatoms. The minimum absolute atomic E-state index is 0.0211. The number of aldehydes is 1. The van der Waals surface area contributed by atoms with Crippen LogP contribution in [0.25, 0.3) is 0 Å². The minimum Gasteiger partial charge on any atom is -0.396 e. The second kappa shape index (κ2) is 5.82. The third-order valence-electron chi connectivity index (χ3n) is 2.00. The molecule has 0 saturated heterocycles. The SMILES string of the molecule is O=Cc1ccc(NCCCO)c([N+](=O)[O-])c1. The van der Waals surface area contributed by atoms with Gasteiger partial charge in [-0.05, 0) is 18.6 Å². The highest BCUT2D eigenvalue weighted by molar-refractivity contribution is 5.79. The van der Waals surface area contributed by atoms with Gasteiger partial charge in [0.05, 0.1) is 4.92 Å². The summed E-state index contributed by atoms with van der Waals surface area (Å²) in [5.74, 6) is 0. The molecule has 16 heavy (non-hydrogen) atoms. The Balaban J connectivity index is 2.89. The highest BCUT2D eigenvalue weighted by Crippen LogP contribution is 2.24. The van der Waals surface area contributed by atoms with Gasteiger partial charge in [-0.2, -0.15) is 0 Å². The van der Waals surface area contributed by atoms with Crippen molar-refractivity contribution in [3.05, 3.63) is 33.9 Å². The standard InChI is InChI=1S/C10H12N2O4/c13-5-1-4-11-9-3-2-8(7-14)6-10(9)12(15)16/h2-3,6-7,11,13H,1,4-5H2. The van der Waals surface area contributed by atoms with E-state index >= 15 is 0 Å². The molecule has 0 aromatic heterocycles. The number of nitrogens with zero attached hydrogens (tertiary/aromatic N) is 1. The molecule has 2 N–H and O–H groups in total. The van der Waals surface area contributed by atoms with Crippen LogP contribution in [-0.2, 0) is 0 Å². The van der Waals surface area contributed by atoms with Crippen molar-refractivity contribution in [2.45, 2.75) is 6.42 Å². The number of benzene rings is 1. The van der Waals surface area contributed by atoms with Crippen LogP contribution >= 0.6 is 0 Å². The predicted octanol–water partition coefficient (Wildman–Crippen LogP) is 1.20. The van der Waals surface area contributed by atoms with E-state index in [1.54, 1.807) is 0 Å². The molecular weight excluding hydrogens is 212 g/mol. The average molecular weight is 224 g/mol. The second-order valence-electron chi connectivity index (χ2n) is 3.16. The molecule has 1 rings (SSSR count). The van der Waals surface area contributed by atoms with Gasteiger partial charge >= 0.3 is 0 Å². The zero-order valence-electron chi connectivity index (χ0n) is 8.55. The summed E-state index contributed by atoms with van der Waals surface area (Å²) >= 11 is 0. The molecule has 0 aliphatic carbocycles. The fourth-order valence-electron chi connectivity index (χ4n) is 1.22. The van der Waals surface area contributed by atoms with Crippen molar-refractivity contribution < 1.29 is 14.8 Å². The zero-order chi connectivity index (χ0) is 12.0. The van der Waals surface area contributed by atoms with Crippen LogP contribution in [0.5, 0.6) is 0 Å². The summed E-state index contributed by atoms with van der Waals surface area (Å²) < 4.78 is 0. The Labute approximate surface area is 92.0 Å². The van der Waals surface area contributed by atoms with Gasteiger partial charge in [-0.3, -0.25) is 14.9 Å². The van der Waals surface area contributed by atoms with Crippen LogP contribution in [0.15, 0.2) is 18.2 Å². The fraction of sp³-hybridized carbons (Fsp3) is 0.300. The largest absolute Gasteiger partial charge is 0.396 e. The Hall–Kier alpha value is -1.95. The summed E-state index contributed by atoms with van der Waals surface area (Å²) in [7, 11) is 0. The Morgan fingerprint density at radius 2 is 2.25 bits per heavy atom. The second-order valence-corrected chi connectivity index (χ2v) is 3.16. The topological polar surface area (TPSA) is 92.5 Å². The van der Waals surface area contributed by atoms with Crippen LogP contribution < -0.4 is 5.32 Å². The van der Waals surface area contributed by atoms with Gasteiger partial charge in [0.15, 0.2) is 0 Å². The maximum atomic E-state index is 10.7. The molecule has 0 heterocycles. The van der Waals surface area contributed by atoms with Crippen molar-refractivity contribution in [2.75, 3.05) is 18.5 Å². The van der Waals surface area contributed by atoms with Gasteiger partial charge in [-0.25, -0.2) is 0 Å². The van der Waals surface area contributed by atoms with Gasteiger partial charge in [-0.15, -0.1) is 0 Å². The van der Waals surface area contributed by atoms with Crippen LogP contribution in [0, 0.1) is 10.1 Å². The molecule has 0 aliphatic rings. The monoisotopic (exact) mass is 224 g/mol. The number of carbonyl (C=O) groups is 1. The van der Waals surface area contributed by atoms with Crippen molar-refractivity contribution in [1.29, 1.82) is 0 Å². The lowest BCUT2D eigenvalue weighted by Gasteiger charge is -2.06. The summed E-state index contributed by atoms with van der Waals surface area (Å²) in [6, 6.07) is 4.20. The molecule has 0 atom stereocenters. The molecule has 0 radical (unpaired) electrons. The number of nitro benzene ring substituents is 1. The predicted molar refractivity (Wildman–Crippen MR) is 58.7 cm³/mol. The van der Waals surface area contributed by atoms with Gasteiger partial charge in [0.25, 0.3) is 5.69 Å². The molecule has 0 spiro atoms. The molecule has 1 aromatic carbocycles. The van der Waals surface area contributed by atoms with Crippen molar-refractivity contribution in [3.8, 4) is 0 Å². The molecule has 6 nitrogen and oxygen atoms in total. The highest BCUT2D eigenvalue weighted by Gasteiger charge is 2.13. The van der Waals surface area contributed by atoms with Gasteiger partial charge in [0.2, 0.25) is 0 Å². The molecule has 0 saturated carbocycles. The van der Waals surface area contributed by atoms with E-state index in [9.17, 15) is 14.9 Å². The third kappa shape index (κ3) is 3.03. The van der Waals surface area contributed by atoms with Gasteiger partial charge in [0.1, 0.15) is 12.0 Å². The molecule has 1 aromatic rings. The first kappa shape index (κ1) is 12.1.